The molecule has 1 aliphatic carbocycles. The van der Waals surface area contributed by atoms with Crippen LogP contribution in [0.25, 0.3) is 17.2 Å². The zero-order valence-corrected chi connectivity index (χ0v) is 13.2. The molecule has 3 rings (SSSR count). The summed E-state index contributed by atoms with van der Waals surface area (Å²) in [7, 11) is 0. The number of hydrogen-bond acceptors (Lipinski definition) is 0. The lowest BCUT2D eigenvalue weighted by molar-refractivity contribution is 0.886. The van der Waals surface area contributed by atoms with E-state index in [-0.39, 0.29) is 0 Å². The second-order valence-electron chi connectivity index (χ2n) is 6.01. The van der Waals surface area contributed by atoms with Crippen LogP contribution in [0.3, 0.4) is 0 Å². The van der Waals surface area contributed by atoms with E-state index in [0.29, 0.717) is 0 Å². The third kappa shape index (κ3) is 2.81. The highest BCUT2D eigenvalue weighted by Gasteiger charge is 2.17. The molecule has 2 aromatic rings. The van der Waals surface area contributed by atoms with Gasteiger partial charge in [0.1, 0.15) is 0 Å². The van der Waals surface area contributed by atoms with Gasteiger partial charge in [-0.1, -0.05) is 80.8 Å². The molecule has 0 aliphatic heterocycles. The smallest absolute Gasteiger partial charge is 0.00576 e. The Hall–Kier alpha value is -1.82. The molecule has 1 aliphatic rings. The van der Waals surface area contributed by atoms with Crippen LogP contribution in [0.4, 0.5) is 0 Å². The lowest BCUT2D eigenvalue weighted by Crippen LogP contribution is -1.92. The average Bonchev–Trinajstić information content (AvgIpc) is 2.91. The van der Waals surface area contributed by atoms with Crippen molar-refractivity contribution in [2.45, 2.75) is 46.0 Å². The predicted molar refractivity (Wildman–Crippen MR) is 92.5 cm³/mol. The molecule has 0 radical (unpaired) electrons. The highest BCUT2D eigenvalue weighted by molar-refractivity contribution is 5.82. The van der Waals surface area contributed by atoms with E-state index in [1.54, 1.807) is 5.57 Å². The van der Waals surface area contributed by atoms with Crippen molar-refractivity contribution in [1.29, 1.82) is 0 Å². The van der Waals surface area contributed by atoms with E-state index in [1.807, 2.05) is 0 Å². The number of aryl methyl sites for hydroxylation is 1. The van der Waals surface area contributed by atoms with Gasteiger partial charge in [0.2, 0.25) is 0 Å². The van der Waals surface area contributed by atoms with Crippen molar-refractivity contribution in [3.05, 3.63) is 64.7 Å². The number of rotatable bonds is 5. The van der Waals surface area contributed by atoms with E-state index in [2.05, 4.69) is 62.4 Å². The van der Waals surface area contributed by atoms with Gasteiger partial charge in [0.25, 0.3) is 0 Å². The van der Waals surface area contributed by atoms with Crippen LogP contribution in [0.5, 0.6) is 0 Å². The van der Waals surface area contributed by atoms with Crippen LogP contribution < -0.4 is 0 Å². The zero-order chi connectivity index (χ0) is 14.7. The molecule has 108 valence electrons. The fourth-order valence-electron chi connectivity index (χ4n) is 3.42. The monoisotopic (exact) mass is 276 g/mol. The first-order chi connectivity index (χ1) is 10.3. The Morgan fingerprint density at radius 1 is 0.810 bits per heavy atom. The van der Waals surface area contributed by atoms with Crippen LogP contribution in [0, 0.1) is 0 Å². The summed E-state index contributed by atoms with van der Waals surface area (Å²) >= 11 is 0. The Kier molecular flexibility index (Phi) is 4.24. The van der Waals surface area contributed by atoms with Gasteiger partial charge < -0.3 is 0 Å². The molecule has 0 saturated carbocycles. The summed E-state index contributed by atoms with van der Waals surface area (Å²) in [5, 5.41) is 0. The van der Waals surface area contributed by atoms with Crippen LogP contribution >= 0.6 is 0 Å². The molecule has 0 fully saturated rings. The van der Waals surface area contributed by atoms with E-state index in [4.69, 9.17) is 0 Å². The van der Waals surface area contributed by atoms with Crippen molar-refractivity contribution in [2.75, 3.05) is 0 Å². The minimum absolute atomic E-state index is 1.15. The molecule has 0 heteroatoms. The number of fused-ring (bicyclic) bond motifs is 1. The summed E-state index contributed by atoms with van der Waals surface area (Å²) in [5.41, 5.74) is 8.87. The molecule has 0 unspecified atom stereocenters. The van der Waals surface area contributed by atoms with E-state index in [0.717, 1.165) is 12.8 Å². The molecule has 0 heterocycles. The van der Waals surface area contributed by atoms with Crippen LogP contribution in [-0.2, 0) is 12.8 Å². The summed E-state index contributed by atoms with van der Waals surface area (Å²) in [6.07, 6.45) is 8.41. The molecular weight excluding hydrogens is 252 g/mol. The fourth-order valence-corrected chi connectivity index (χ4v) is 3.42. The van der Waals surface area contributed by atoms with Crippen LogP contribution in [0.1, 0.15) is 49.8 Å². The largest absolute Gasteiger partial charge is 0.0652 e. The molecule has 0 atom stereocenters. The first kappa shape index (κ1) is 14.1. The van der Waals surface area contributed by atoms with E-state index < -0.39 is 0 Å². The summed E-state index contributed by atoms with van der Waals surface area (Å²) in [6, 6.07) is 15.7. The summed E-state index contributed by atoms with van der Waals surface area (Å²) in [4.78, 5) is 0. The summed E-state index contributed by atoms with van der Waals surface area (Å²) in [6.45, 7) is 4.52. The normalized spacial score (nSPS) is 13.1. The molecule has 2 aromatic carbocycles. The van der Waals surface area contributed by atoms with E-state index in [1.165, 1.54) is 47.1 Å². The Balaban J connectivity index is 2.07. The third-order valence-corrected chi connectivity index (χ3v) is 4.36. The van der Waals surface area contributed by atoms with Gasteiger partial charge in [0, 0.05) is 0 Å². The van der Waals surface area contributed by atoms with Crippen LogP contribution in [0.15, 0.2) is 48.0 Å². The van der Waals surface area contributed by atoms with Gasteiger partial charge in [-0.15, -0.1) is 0 Å². The maximum Gasteiger partial charge on any atom is -0.00576 e. The lowest BCUT2D eigenvalue weighted by Gasteiger charge is -2.12. The van der Waals surface area contributed by atoms with E-state index in [9.17, 15) is 0 Å². The molecule has 0 amide bonds. The van der Waals surface area contributed by atoms with Crippen LogP contribution in [0.2, 0.25) is 0 Å². The summed E-state index contributed by atoms with van der Waals surface area (Å²) in [5.74, 6) is 0. The van der Waals surface area contributed by atoms with Crippen molar-refractivity contribution in [3.8, 4) is 11.1 Å². The van der Waals surface area contributed by atoms with Crippen molar-refractivity contribution < 1.29 is 0 Å². The number of allylic oxidation sites excluding steroid dienone is 1. The van der Waals surface area contributed by atoms with Gasteiger partial charge in [0.05, 0.1) is 0 Å². The maximum absolute atomic E-state index is 2.44. The Morgan fingerprint density at radius 2 is 1.57 bits per heavy atom. The first-order valence-corrected chi connectivity index (χ1v) is 8.23. The van der Waals surface area contributed by atoms with Gasteiger partial charge in [-0.25, -0.2) is 0 Å². The molecule has 0 N–H and O–H groups in total. The highest BCUT2D eigenvalue weighted by Crippen LogP contribution is 2.36. The molecular formula is C21H24. The van der Waals surface area contributed by atoms with Gasteiger partial charge in [-0.05, 0) is 47.1 Å². The maximum atomic E-state index is 2.44. The SMILES string of the molecule is CCCC1=Cc2c(cccc2-c2ccccc2CCC)C1. The Bertz CT molecular complexity index is 661. The second-order valence-corrected chi connectivity index (χ2v) is 6.01. The quantitative estimate of drug-likeness (QED) is 0.624. The molecule has 0 bridgehead atoms. The molecule has 21 heavy (non-hydrogen) atoms. The van der Waals surface area contributed by atoms with Crippen molar-refractivity contribution in [3.63, 3.8) is 0 Å². The number of benzene rings is 2. The van der Waals surface area contributed by atoms with Crippen LogP contribution in [-0.4, -0.2) is 0 Å². The topological polar surface area (TPSA) is 0 Å². The third-order valence-electron chi connectivity index (χ3n) is 4.36. The molecule has 0 aromatic heterocycles. The highest BCUT2D eigenvalue weighted by atomic mass is 14.2. The minimum Gasteiger partial charge on any atom is -0.0652 e. The van der Waals surface area contributed by atoms with Crippen molar-refractivity contribution in [1.82, 2.24) is 0 Å². The standard InChI is InChI=1S/C21H24/c1-3-8-16-14-18-11-7-13-20(21(18)15-16)19-12-6-5-10-17(19)9-4-2/h5-7,10-13,15H,3-4,8-9,14H2,1-2H3. The molecule has 0 saturated heterocycles. The van der Waals surface area contributed by atoms with Gasteiger partial charge in [-0.3, -0.25) is 0 Å². The second kappa shape index (κ2) is 6.30. The number of hydrogen-bond donors (Lipinski definition) is 0. The van der Waals surface area contributed by atoms with Crippen molar-refractivity contribution in [2.24, 2.45) is 0 Å². The summed E-state index contributed by atoms with van der Waals surface area (Å²) < 4.78 is 0. The van der Waals surface area contributed by atoms with E-state index >= 15 is 0 Å². The van der Waals surface area contributed by atoms with Gasteiger partial charge in [-0.2, -0.15) is 0 Å². The average molecular weight is 276 g/mol. The minimum atomic E-state index is 1.15. The van der Waals surface area contributed by atoms with Crippen molar-refractivity contribution >= 4 is 6.08 Å². The molecule has 0 spiro atoms. The van der Waals surface area contributed by atoms with Gasteiger partial charge >= 0.3 is 0 Å². The molecule has 0 nitrogen and oxygen atoms in total. The Labute approximate surface area is 128 Å². The zero-order valence-electron chi connectivity index (χ0n) is 13.2. The Morgan fingerprint density at radius 3 is 2.38 bits per heavy atom. The fraction of sp³-hybridized carbons (Fsp3) is 0.333. The lowest BCUT2D eigenvalue weighted by atomic mass is 9.92. The predicted octanol–water partition coefficient (Wildman–Crippen LogP) is 6.05. The first-order valence-electron chi connectivity index (χ1n) is 8.23. The van der Waals surface area contributed by atoms with Gasteiger partial charge in [0.15, 0.2) is 0 Å².